The number of nitrogens with zero attached hydrogens (tertiary/aromatic N) is 2. The van der Waals surface area contributed by atoms with Crippen molar-refractivity contribution in [2.45, 2.75) is 38.6 Å². The van der Waals surface area contributed by atoms with Gasteiger partial charge < -0.3 is 10.2 Å². The van der Waals surface area contributed by atoms with Gasteiger partial charge in [0.1, 0.15) is 0 Å². The highest BCUT2D eigenvalue weighted by Gasteiger charge is 2.28. The Labute approximate surface area is 121 Å². The molecule has 2 atom stereocenters. The van der Waals surface area contributed by atoms with Crippen LogP contribution in [0.5, 0.6) is 0 Å². The summed E-state index contributed by atoms with van der Waals surface area (Å²) in [6.45, 7) is 4.72. The van der Waals surface area contributed by atoms with Gasteiger partial charge in [-0.1, -0.05) is 6.92 Å². The molecular weight excluding hydrogens is 278 g/mol. The van der Waals surface area contributed by atoms with Gasteiger partial charge in [0.2, 0.25) is 10.0 Å². The van der Waals surface area contributed by atoms with Crippen molar-refractivity contribution < 1.29 is 13.2 Å². The van der Waals surface area contributed by atoms with Gasteiger partial charge in [0.15, 0.2) is 0 Å². The number of nitrogens with one attached hydrogen (secondary N) is 1. The Hall–Kier alpha value is -0.820. The van der Waals surface area contributed by atoms with E-state index in [0.717, 1.165) is 32.4 Å². The van der Waals surface area contributed by atoms with Crippen molar-refractivity contribution in [1.82, 2.24) is 14.5 Å². The molecular formula is C13H25N3O3S. The Morgan fingerprint density at radius 3 is 2.50 bits per heavy atom. The van der Waals surface area contributed by atoms with Crippen LogP contribution in [0.2, 0.25) is 0 Å². The third-order valence-electron chi connectivity index (χ3n) is 4.12. The molecule has 1 N–H and O–H groups in total. The molecule has 2 aliphatic heterocycles. The van der Waals surface area contributed by atoms with Crippen molar-refractivity contribution in [2.24, 2.45) is 5.92 Å². The molecule has 20 heavy (non-hydrogen) atoms. The number of hydrogen-bond donors (Lipinski definition) is 1. The van der Waals surface area contributed by atoms with E-state index >= 15 is 0 Å². The van der Waals surface area contributed by atoms with Gasteiger partial charge in [-0.05, 0) is 31.6 Å². The van der Waals surface area contributed by atoms with Crippen LogP contribution in [0.3, 0.4) is 0 Å². The Bertz CT molecular complexity index is 452. The summed E-state index contributed by atoms with van der Waals surface area (Å²) in [5.41, 5.74) is 0. The molecule has 0 aromatic carbocycles. The number of amides is 2. The molecule has 0 aromatic heterocycles. The van der Waals surface area contributed by atoms with Crippen molar-refractivity contribution in [3.05, 3.63) is 0 Å². The van der Waals surface area contributed by atoms with Gasteiger partial charge in [-0.25, -0.2) is 17.5 Å². The van der Waals surface area contributed by atoms with Crippen LogP contribution in [0.1, 0.15) is 32.6 Å². The number of hydrogen-bond acceptors (Lipinski definition) is 3. The minimum absolute atomic E-state index is 0.0445. The first-order chi connectivity index (χ1) is 9.36. The lowest BCUT2D eigenvalue weighted by Gasteiger charge is -2.35. The van der Waals surface area contributed by atoms with Crippen molar-refractivity contribution in [3.63, 3.8) is 0 Å². The van der Waals surface area contributed by atoms with Gasteiger partial charge in [-0.2, -0.15) is 0 Å². The van der Waals surface area contributed by atoms with Gasteiger partial charge in [0.25, 0.3) is 0 Å². The maximum Gasteiger partial charge on any atom is 0.317 e. The van der Waals surface area contributed by atoms with Crippen molar-refractivity contribution in [1.29, 1.82) is 0 Å². The molecule has 2 aliphatic rings. The van der Waals surface area contributed by atoms with Crippen molar-refractivity contribution in [2.75, 3.05) is 32.4 Å². The number of rotatable bonds is 2. The molecule has 0 radical (unpaired) electrons. The van der Waals surface area contributed by atoms with Crippen LogP contribution in [0.15, 0.2) is 0 Å². The molecule has 2 unspecified atom stereocenters. The smallest absolute Gasteiger partial charge is 0.317 e. The van der Waals surface area contributed by atoms with Gasteiger partial charge in [-0.15, -0.1) is 0 Å². The zero-order valence-corrected chi connectivity index (χ0v) is 13.2. The number of urea groups is 1. The molecule has 2 heterocycles. The van der Waals surface area contributed by atoms with Crippen molar-refractivity contribution >= 4 is 16.1 Å². The molecule has 6 nitrogen and oxygen atoms in total. The van der Waals surface area contributed by atoms with Crippen LogP contribution < -0.4 is 5.32 Å². The summed E-state index contributed by atoms with van der Waals surface area (Å²) in [6.07, 6.45) is 5.10. The van der Waals surface area contributed by atoms with Crippen molar-refractivity contribution in [3.8, 4) is 0 Å². The lowest BCUT2D eigenvalue weighted by atomic mass is 10.0. The monoisotopic (exact) mass is 303 g/mol. The molecule has 2 rings (SSSR count). The maximum atomic E-state index is 12.2. The van der Waals surface area contributed by atoms with Crippen LogP contribution in [0.25, 0.3) is 0 Å². The normalized spacial score (nSPS) is 29.2. The highest BCUT2D eigenvalue weighted by Crippen LogP contribution is 2.17. The summed E-state index contributed by atoms with van der Waals surface area (Å²) in [6, 6.07) is -0.111. The van der Waals surface area contributed by atoms with E-state index in [1.807, 2.05) is 4.90 Å². The van der Waals surface area contributed by atoms with Gasteiger partial charge in [0, 0.05) is 32.2 Å². The first-order valence-electron chi connectivity index (χ1n) is 7.37. The maximum absolute atomic E-state index is 12.2. The number of likely N-dealkylation sites (tertiary alicyclic amines) is 1. The molecule has 0 spiro atoms. The predicted molar refractivity (Wildman–Crippen MR) is 77.9 cm³/mol. The Kier molecular flexibility index (Phi) is 4.90. The zero-order chi connectivity index (χ0) is 14.8. The summed E-state index contributed by atoms with van der Waals surface area (Å²) in [4.78, 5) is 14.1. The third-order valence-corrected chi connectivity index (χ3v) is 5.39. The second-order valence-electron chi connectivity index (χ2n) is 6.10. The molecule has 2 fully saturated rings. The summed E-state index contributed by atoms with van der Waals surface area (Å²) in [7, 11) is -3.16. The topological polar surface area (TPSA) is 69.7 Å². The lowest BCUT2D eigenvalue weighted by Crippen LogP contribution is -2.53. The molecule has 0 aromatic rings. The summed E-state index contributed by atoms with van der Waals surface area (Å²) in [5.74, 6) is 0.549. The fourth-order valence-electron chi connectivity index (χ4n) is 3.00. The van der Waals surface area contributed by atoms with E-state index in [1.165, 1.54) is 17.0 Å². The minimum atomic E-state index is -3.16. The SMILES string of the molecule is CC1CCCN(C(=O)NC2CCCN(S(C)(=O)=O)C2)C1. The summed E-state index contributed by atoms with van der Waals surface area (Å²) >= 11 is 0. The van der Waals surface area contributed by atoms with Gasteiger partial charge in [0.05, 0.1) is 6.26 Å². The number of carbonyl (C=O) groups excluding carboxylic acids is 1. The van der Waals surface area contributed by atoms with E-state index in [0.29, 0.717) is 19.0 Å². The van der Waals surface area contributed by atoms with E-state index in [2.05, 4.69) is 12.2 Å². The molecule has 0 saturated carbocycles. The number of carbonyl (C=O) groups is 1. The standard InChI is InChI=1S/C13H25N3O3S/c1-11-5-3-7-15(9-11)13(17)14-12-6-4-8-16(10-12)20(2,18)19/h11-12H,3-10H2,1-2H3,(H,14,17). The highest BCUT2D eigenvalue weighted by atomic mass is 32.2. The Morgan fingerprint density at radius 1 is 1.15 bits per heavy atom. The minimum Gasteiger partial charge on any atom is -0.334 e. The summed E-state index contributed by atoms with van der Waals surface area (Å²) < 4.78 is 24.6. The lowest BCUT2D eigenvalue weighted by molar-refractivity contribution is 0.161. The average molecular weight is 303 g/mol. The van der Waals surface area contributed by atoms with Gasteiger partial charge >= 0.3 is 6.03 Å². The molecule has 2 saturated heterocycles. The second-order valence-corrected chi connectivity index (χ2v) is 8.09. The summed E-state index contributed by atoms with van der Waals surface area (Å²) in [5, 5.41) is 2.99. The highest BCUT2D eigenvalue weighted by molar-refractivity contribution is 7.88. The first-order valence-corrected chi connectivity index (χ1v) is 9.21. The van der Waals surface area contributed by atoms with Crippen LogP contribution >= 0.6 is 0 Å². The van der Waals surface area contributed by atoms with E-state index in [9.17, 15) is 13.2 Å². The van der Waals surface area contributed by atoms with E-state index < -0.39 is 10.0 Å². The van der Waals surface area contributed by atoms with Crippen LogP contribution in [0, 0.1) is 5.92 Å². The fourth-order valence-corrected chi connectivity index (χ4v) is 3.91. The molecule has 2 amide bonds. The predicted octanol–water partition coefficient (Wildman–Crippen LogP) is 0.852. The molecule has 0 aliphatic carbocycles. The largest absolute Gasteiger partial charge is 0.334 e. The fraction of sp³-hybridized carbons (Fsp3) is 0.923. The molecule has 7 heteroatoms. The Morgan fingerprint density at radius 2 is 1.85 bits per heavy atom. The van der Waals surface area contributed by atoms with E-state index in [-0.39, 0.29) is 12.1 Å². The van der Waals surface area contributed by atoms with Crippen LogP contribution in [0.4, 0.5) is 4.79 Å². The average Bonchev–Trinajstić information content (AvgIpc) is 2.38. The van der Waals surface area contributed by atoms with E-state index in [1.54, 1.807) is 0 Å². The second kappa shape index (κ2) is 6.30. The number of piperidine rings is 2. The quantitative estimate of drug-likeness (QED) is 0.822. The van der Waals surface area contributed by atoms with E-state index in [4.69, 9.17) is 0 Å². The Balaban J connectivity index is 1.87. The first kappa shape index (κ1) is 15.6. The molecule has 0 bridgehead atoms. The van der Waals surface area contributed by atoms with Crippen LogP contribution in [-0.2, 0) is 10.0 Å². The molecule has 116 valence electrons. The number of sulfonamides is 1. The third kappa shape index (κ3) is 4.09. The zero-order valence-electron chi connectivity index (χ0n) is 12.3. The van der Waals surface area contributed by atoms with Gasteiger partial charge in [-0.3, -0.25) is 0 Å². The van der Waals surface area contributed by atoms with Crippen LogP contribution in [-0.4, -0.2) is 62.1 Å².